The van der Waals surface area contributed by atoms with Gasteiger partial charge in [0.2, 0.25) is 0 Å². The summed E-state index contributed by atoms with van der Waals surface area (Å²) in [7, 11) is 0. The zero-order valence-corrected chi connectivity index (χ0v) is 10.8. The van der Waals surface area contributed by atoms with Crippen molar-refractivity contribution in [2.75, 3.05) is 0 Å². The molecule has 0 aliphatic heterocycles. The molecule has 0 amide bonds. The summed E-state index contributed by atoms with van der Waals surface area (Å²) in [6, 6.07) is 6.74. The molecule has 70 valence electrons. The molecule has 0 N–H and O–H groups in total. The van der Waals surface area contributed by atoms with E-state index in [1.807, 2.05) is 0 Å². The van der Waals surface area contributed by atoms with Gasteiger partial charge in [-0.3, -0.25) is 0 Å². The topological polar surface area (TPSA) is 0 Å². The molecular formula is C12H17Zr-. The Morgan fingerprint density at radius 3 is 2.46 bits per heavy atom. The molecule has 0 atom stereocenters. The molecular weight excluding hydrogens is 235 g/mol. The summed E-state index contributed by atoms with van der Waals surface area (Å²) >= 11 is 0. The molecule has 1 aromatic carbocycles. The molecule has 0 unspecified atom stereocenters. The average Bonchev–Trinajstić information content (AvgIpc) is 2.53. The van der Waals surface area contributed by atoms with Gasteiger partial charge in [0.1, 0.15) is 0 Å². The maximum absolute atomic E-state index is 2.31. The molecule has 0 bridgehead atoms. The number of rotatable bonds is 1. The second-order valence-electron chi connectivity index (χ2n) is 4.00. The van der Waals surface area contributed by atoms with Gasteiger partial charge in [-0.05, 0) is 0 Å². The molecule has 0 heterocycles. The summed E-state index contributed by atoms with van der Waals surface area (Å²) in [5.74, 6) is 0.883. The summed E-state index contributed by atoms with van der Waals surface area (Å²) in [4.78, 5) is 0. The Morgan fingerprint density at radius 2 is 1.92 bits per heavy atom. The van der Waals surface area contributed by atoms with Crippen molar-refractivity contribution in [2.45, 2.75) is 44.9 Å². The standard InChI is InChI=1S/C12H17.Zr/c1-10-6-5-9-12(10)11-7-3-2-4-8-11;/h5-6,9,11H,2-4,7-8H2,1H3;/q-1;. The molecule has 13 heavy (non-hydrogen) atoms. The number of hydrogen-bond donors (Lipinski definition) is 0. The van der Waals surface area contributed by atoms with E-state index in [1.54, 1.807) is 5.56 Å². The van der Waals surface area contributed by atoms with Gasteiger partial charge in [-0.2, -0.15) is 17.2 Å². The van der Waals surface area contributed by atoms with Crippen molar-refractivity contribution < 1.29 is 26.2 Å². The summed E-state index contributed by atoms with van der Waals surface area (Å²) < 4.78 is 0. The zero-order chi connectivity index (χ0) is 8.39. The van der Waals surface area contributed by atoms with E-state index in [9.17, 15) is 0 Å². The maximum Gasteiger partial charge on any atom is 0 e. The van der Waals surface area contributed by atoms with Crippen molar-refractivity contribution >= 4 is 0 Å². The molecule has 1 aliphatic rings. The van der Waals surface area contributed by atoms with Gasteiger partial charge in [-0.1, -0.05) is 44.9 Å². The van der Waals surface area contributed by atoms with Crippen LogP contribution in [-0.2, 0) is 26.2 Å². The molecule has 1 aromatic rings. The van der Waals surface area contributed by atoms with E-state index in [0.29, 0.717) is 0 Å². The first-order valence-corrected chi connectivity index (χ1v) is 5.10. The zero-order valence-electron chi connectivity index (χ0n) is 8.34. The first-order chi connectivity index (χ1) is 5.88. The first kappa shape index (κ1) is 11.3. The van der Waals surface area contributed by atoms with E-state index in [0.717, 1.165) is 5.92 Å². The third kappa shape index (κ3) is 2.59. The van der Waals surface area contributed by atoms with Gasteiger partial charge in [-0.15, -0.1) is 0 Å². The fourth-order valence-corrected chi connectivity index (χ4v) is 2.40. The molecule has 1 saturated carbocycles. The monoisotopic (exact) mass is 251 g/mol. The molecule has 0 radical (unpaired) electrons. The largest absolute Gasteiger partial charge is 0.213 e. The van der Waals surface area contributed by atoms with Gasteiger partial charge in [0.05, 0.1) is 0 Å². The molecule has 2 rings (SSSR count). The van der Waals surface area contributed by atoms with Crippen LogP contribution in [0.1, 0.15) is 49.1 Å². The fraction of sp³-hybridized carbons (Fsp3) is 0.583. The van der Waals surface area contributed by atoms with Gasteiger partial charge in [0, 0.05) is 26.2 Å². The van der Waals surface area contributed by atoms with Crippen LogP contribution >= 0.6 is 0 Å². The average molecular weight is 252 g/mol. The third-order valence-electron chi connectivity index (χ3n) is 3.12. The van der Waals surface area contributed by atoms with Crippen LogP contribution in [-0.4, -0.2) is 0 Å². The van der Waals surface area contributed by atoms with E-state index in [2.05, 4.69) is 25.1 Å². The predicted molar refractivity (Wildman–Crippen MR) is 52.6 cm³/mol. The van der Waals surface area contributed by atoms with Crippen LogP contribution in [0, 0.1) is 6.92 Å². The van der Waals surface area contributed by atoms with Gasteiger partial charge in [0.15, 0.2) is 0 Å². The van der Waals surface area contributed by atoms with Crippen molar-refractivity contribution in [3.05, 3.63) is 29.3 Å². The minimum Gasteiger partial charge on any atom is -0.213 e. The molecule has 0 nitrogen and oxygen atoms in total. The number of aryl methyl sites for hydroxylation is 1. The van der Waals surface area contributed by atoms with Crippen molar-refractivity contribution in [3.63, 3.8) is 0 Å². The van der Waals surface area contributed by atoms with Crippen LogP contribution in [0.15, 0.2) is 18.2 Å². The third-order valence-corrected chi connectivity index (χ3v) is 3.12. The van der Waals surface area contributed by atoms with Crippen molar-refractivity contribution in [2.24, 2.45) is 0 Å². The van der Waals surface area contributed by atoms with E-state index in [-0.39, 0.29) is 26.2 Å². The van der Waals surface area contributed by atoms with Gasteiger partial charge >= 0.3 is 0 Å². The van der Waals surface area contributed by atoms with Gasteiger partial charge in [-0.25, -0.2) is 12.1 Å². The second-order valence-corrected chi connectivity index (χ2v) is 4.00. The molecule has 0 saturated heterocycles. The molecule has 1 heteroatoms. The van der Waals surface area contributed by atoms with Crippen molar-refractivity contribution in [1.29, 1.82) is 0 Å². The molecule has 1 aliphatic carbocycles. The maximum atomic E-state index is 2.31. The Kier molecular flexibility index (Phi) is 4.52. The first-order valence-electron chi connectivity index (χ1n) is 5.10. The predicted octanol–water partition coefficient (Wildman–Crippen LogP) is 3.76. The minimum atomic E-state index is 0. The van der Waals surface area contributed by atoms with E-state index in [4.69, 9.17) is 0 Å². The smallest absolute Gasteiger partial charge is 0 e. The van der Waals surface area contributed by atoms with Crippen molar-refractivity contribution in [3.8, 4) is 0 Å². The second kappa shape index (κ2) is 5.20. The molecule has 0 aromatic heterocycles. The number of hydrogen-bond acceptors (Lipinski definition) is 0. The van der Waals surface area contributed by atoms with Gasteiger partial charge < -0.3 is 0 Å². The Balaban J connectivity index is 0.000000845. The van der Waals surface area contributed by atoms with Crippen LogP contribution in [0.4, 0.5) is 0 Å². The van der Waals surface area contributed by atoms with E-state index in [1.165, 1.54) is 37.7 Å². The van der Waals surface area contributed by atoms with Gasteiger partial charge in [0.25, 0.3) is 0 Å². The summed E-state index contributed by atoms with van der Waals surface area (Å²) in [6.07, 6.45) is 7.18. The quantitative estimate of drug-likeness (QED) is 0.668. The summed E-state index contributed by atoms with van der Waals surface area (Å²) in [5, 5.41) is 0. The van der Waals surface area contributed by atoms with Crippen LogP contribution in [0.2, 0.25) is 0 Å². The summed E-state index contributed by atoms with van der Waals surface area (Å²) in [5.41, 5.74) is 3.12. The SMILES string of the molecule is Cc1ccc[c-]1C1CCCCC1.[Zr]. The minimum absolute atomic E-state index is 0. The van der Waals surface area contributed by atoms with E-state index >= 15 is 0 Å². The Hall–Kier alpha value is 0.233. The normalized spacial score (nSPS) is 18.2. The van der Waals surface area contributed by atoms with Crippen LogP contribution < -0.4 is 0 Å². The fourth-order valence-electron chi connectivity index (χ4n) is 2.40. The van der Waals surface area contributed by atoms with Crippen LogP contribution in [0.5, 0.6) is 0 Å². The Labute approximate surface area is 100 Å². The van der Waals surface area contributed by atoms with Crippen LogP contribution in [0.3, 0.4) is 0 Å². The molecule has 0 spiro atoms. The van der Waals surface area contributed by atoms with Crippen molar-refractivity contribution in [1.82, 2.24) is 0 Å². The van der Waals surface area contributed by atoms with Crippen LogP contribution in [0.25, 0.3) is 0 Å². The summed E-state index contributed by atoms with van der Waals surface area (Å²) in [6.45, 7) is 2.24. The Bertz CT molecular complexity index is 243. The molecule has 1 fully saturated rings. The van der Waals surface area contributed by atoms with E-state index < -0.39 is 0 Å². The Morgan fingerprint density at radius 1 is 1.23 bits per heavy atom.